The number of phenolic OH excluding ortho intramolecular Hbond substituents is 4. The van der Waals surface area contributed by atoms with Crippen molar-refractivity contribution in [1.82, 2.24) is 42.5 Å². The largest absolute Gasteiger partial charge is 0.507 e. The number of hydrogen-bond donors (Lipinski definition) is 18. The Bertz CT molecular complexity index is 3580. The number of aliphatic carboxylic acids is 1. The summed E-state index contributed by atoms with van der Waals surface area (Å²) in [6.07, 6.45) is -4.90. The summed E-state index contributed by atoms with van der Waals surface area (Å²) in [5.74, 6) is -15.8. The average molecular weight is 1270 g/mol. The lowest BCUT2D eigenvalue weighted by Gasteiger charge is -2.31. The average Bonchev–Trinajstić information content (AvgIpc) is 3.03. The van der Waals surface area contributed by atoms with Crippen LogP contribution in [0.2, 0.25) is 10.0 Å². The zero-order chi connectivity index (χ0) is 63.5. The second kappa shape index (κ2) is 27.0. The van der Waals surface area contributed by atoms with Gasteiger partial charge in [-0.1, -0.05) is 55.2 Å². The third-order valence-corrected chi connectivity index (χ3v) is 15.1. The first kappa shape index (κ1) is 64.4. The van der Waals surface area contributed by atoms with Crippen molar-refractivity contribution in [3.8, 4) is 57.1 Å². The molecule has 7 amide bonds. The van der Waals surface area contributed by atoms with Crippen LogP contribution in [0.4, 0.5) is 0 Å². The number of nitrogens with one attached hydrogen (secondary N) is 8. The van der Waals surface area contributed by atoms with E-state index in [1.54, 1.807) is 0 Å². The van der Waals surface area contributed by atoms with Crippen LogP contribution < -0.4 is 57.7 Å². The Balaban J connectivity index is 1.36. The van der Waals surface area contributed by atoms with E-state index in [0.29, 0.717) is 0 Å². The van der Waals surface area contributed by atoms with E-state index >= 15 is 9.59 Å². The number of fused-ring (bicyclic) bond motifs is 15. The Morgan fingerprint density at radius 2 is 1.28 bits per heavy atom. The van der Waals surface area contributed by atoms with Crippen LogP contribution in [-0.2, 0) is 49.4 Å². The Kier molecular flexibility index (Phi) is 20.0. The van der Waals surface area contributed by atoms with Gasteiger partial charge in [-0.3, -0.25) is 43.4 Å². The molecule has 1 unspecified atom stereocenters. The fourth-order valence-electron chi connectivity index (χ4n) is 9.87. The van der Waals surface area contributed by atoms with Gasteiger partial charge in [-0.05, 0) is 96.2 Å². The summed E-state index contributed by atoms with van der Waals surface area (Å²) in [5, 5.41) is 101. The van der Waals surface area contributed by atoms with Crippen LogP contribution in [0.25, 0.3) is 11.1 Å². The monoisotopic (exact) mass is 1270 g/mol. The van der Waals surface area contributed by atoms with Crippen LogP contribution >= 0.6 is 31.8 Å². The smallest absolute Gasteiger partial charge is 0.330 e. The van der Waals surface area contributed by atoms with E-state index in [2.05, 4.69) is 42.5 Å². The van der Waals surface area contributed by atoms with Crippen molar-refractivity contribution >= 4 is 79.1 Å². The number of primary amides is 1. The second-order valence-electron chi connectivity index (χ2n) is 20.6. The highest BCUT2D eigenvalue weighted by atomic mass is 35.5. The maximum absolute atomic E-state index is 15.5. The van der Waals surface area contributed by atoms with Gasteiger partial charge in [0.15, 0.2) is 17.5 Å². The van der Waals surface area contributed by atoms with Crippen LogP contribution in [0.1, 0.15) is 90.4 Å². The molecule has 5 aliphatic heterocycles. The molecule has 0 spiro atoms. The summed E-state index contributed by atoms with van der Waals surface area (Å²) in [4.78, 5) is 133. The van der Waals surface area contributed by atoms with Gasteiger partial charge < -0.3 is 98.0 Å². The summed E-state index contributed by atoms with van der Waals surface area (Å²) >= 11 is 13.5. The summed E-state index contributed by atoms with van der Waals surface area (Å²) < 4.78 is 17.0. The van der Waals surface area contributed by atoms with Crippen molar-refractivity contribution in [3.05, 3.63) is 116 Å². The van der Waals surface area contributed by atoms with Crippen LogP contribution in [0.5, 0.6) is 46.0 Å². The fourth-order valence-corrected chi connectivity index (χ4v) is 10.5. The van der Waals surface area contributed by atoms with Crippen LogP contribution in [0.3, 0.4) is 0 Å². The van der Waals surface area contributed by atoms with E-state index in [9.17, 15) is 74.3 Å². The molecule has 32 heteroatoms. The lowest BCUT2D eigenvalue weighted by atomic mass is 9.88. The summed E-state index contributed by atoms with van der Waals surface area (Å²) in [6.45, 7) is 2.54. The van der Waals surface area contributed by atoms with Crippen LogP contribution in [-0.4, -0.2) is 131 Å². The maximum atomic E-state index is 15.5. The molecule has 0 saturated carbocycles. The number of carboxylic acid groups (broad SMARTS) is 1. The fraction of sp³-hybridized carbons (Fsp3) is 0.309. The Labute approximate surface area is 504 Å². The Morgan fingerprint density at radius 1 is 0.690 bits per heavy atom. The number of likely N-dealkylation sites (N-methyl/N-ethyl adjacent to an activating group) is 1. The molecule has 5 aliphatic rings. The van der Waals surface area contributed by atoms with E-state index in [-0.39, 0.29) is 56.1 Å². The number of benzene rings is 5. The zero-order valence-corrected chi connectivity index (χ0v) is 48.2. The third-order valence-electron chi connectivity index (χ3n) is 14.2. The molecule has 0 fully saturated rings. The number of aromatic hydroxyl groups is 4. The van der Waals surface area contributed by atoms with Crippen LogP contribution in [0.15, 0.2) is 72.8 Å². The quantitative estimate of drug-likeness (QED) is 0.0453. The number of hydrogen-bond acceptors (Lipinski definition) is 21. The number of aliphatic hydroxyl groups is 2. The number of carbonyl (C=O) groups is 8. The van der Waals surface area contributed by atoms with Crippen molar-refractivity contribution in [1.29, 1.82) is 0 Å². The summed E-state index contributed by atoms with van der Waals surface area (Å²) in [7, 11) is -1.39. The number of carboxylic acids is 1. The first-order chi connectivity index (χ1) is 41.1. The predicted octanol–water partition coefficient (Wildman–Crippen LogP) is 1.67. The number of phenols is 4. The minimum atomic E-state index is -2.88. The van der Waals surface area contributed by atoms with Crippen molar-refractivity contribution in [3.63, 3.8) is 0 Å². The van der Waals surface area contributed by atoms with Crippen molar-refractivity contribution in [2.24, 2.45) is 11.7 Å². The number of carbonyl (C=O) groups excluding carboxylic acids is 7. The summed E-state index contributed by atoms with van der Waals surface area (Å²) in [5.41, 5.74) is 2.43. The van der Waals surface area contributed by atoms with Gasteiger partial charge in [0.05, 0.1) is 28.1 Å². The standard InChI is InChI=1S/C55H58Cl2N9O20P/c1-20(2)10-30(59-3)49(74)65-43-45(70)22-5-8-34(28(56)12-22)85-36-14-24-15-37(48(36)73)86-35-9-6-23(13-29(35)57)46(71)44-54(79)64-42(55(80)81)26-16-33(68)27(18-60-19-84-87(82)83)47(72)39(26)25-11-21(4-7-32(25)67)40(51(76)66-44)63-52(77)41(24)62-50(75)31(17-38(58)69)61-53(43)78/h4-9,11-16,20,30-31,40-46,59-60,67-68,70-73,82-83H,10,17-19H2,1-3H3,(H2,58,69)(H,61,78)(H,62,75)(H,63,77)(H,64,79)(H,65,74)(H,66,76)(H,80,81)/t30-,31+,40?,41-,42+,43-,44+,45-,46-/m1/s1. The van der Waals surface area contributed by atoms with Gasteiger partial charge in [0.1, 0.15) is 77.9 Å². The highest BCUT2D eigenvalue weighted by molar-refractivity contribution is 7.39. The number of aliphatic hydroxyl groups excluding tert-OH is 2. The van der Waals surface area contributed by atoms with Crippen molar-refractivity contribution in [2.75, 3.05) is 13.8 Å². The molecule has 0 saturated heterocycles. The molecule has 0 aliphatic carbocycles. The van der Waals surface area contributed by atoms with Gasteiger partial charge in [0.25, 0.3) is 0 Å². The van der Waals surface area contributed by atoms with Crippen molar-refractivity contribution < 1.29 is 97.9 Å². The highest BCUT2D eigenvalue weighted by Gasteiger charge is 2.42. The molecule has 5 aromatic carbocycles. The van der Waals surface area contributed by atoms with Gasteiger partial charge in [0, 0.05) is 23.2 Å². The van der Waals surface area contributed by atoms with Gasteiger partial charge >= 0.3 is 14.6 Å². The number of halogens is 2. The zero-order valence-electron chi connectivity index (χ0n) is 45.8. The third kappa shape index (κ3) is 14.3. The molecule has 10 rings (SSSR count). The molecule has 19 N–H and O–H groups in total. The molecule has 11 bridgehead atoms. The predicted molar refractivity (Wildman–Crippen MR) is 304 cm³/mol. The normalized spacial score (nSPS) is 21.7. The van der Waals surface area contributed by atoms with Crippen molar-refractivity contribution in [2.45, 2.75) is 87.7 Å². The first-order valence-corrected chi connectivity index (χ1v) is 28.2. The lowest BCUT2D eigenvalue weighted by molar-refractivity contribution is -0.143. The first-order valence-electron chi connectivity index (χ1n) is 26.3. The number of amides is 7. The molecular weight excluding hydrogens is 1210 g/mol. The number of nitrogens with two attached hydrogens (primary N) is 1. The van der Waals surface area contributed by atoms with E-state index in [0.717, 1.165) is 60.7 Å². The molecule has 5 aromatic rings. The second-order valence-corrected chi connectivity index (χ2v) is 22.2. The molecule has 0 radical (unpaired) electrons. The van der Waals surface area contributed by atoms with E-state index in [1.807, 2.05) is 13.8 Å². The number of ether oxygens (including phenoxy) is 2. The highest BCUT2D eigenvalue weighted by Crippen LogP contribution is 2.49. The maximum Gasteiger partial charge on any atom is 0.330 e. The molecule has 0 aromatic heterocycles. The van der Waals surface area contributed by atoms with Gasteiger partial charge in [-0.2, -0.15) is 0 Å². The minimum Gasteiger partial charge on any atom is -0.507 e. The molecule has 462 valence electrons. The van der Waals surface area contributed by atoms with E-state index in [1.165, 1.54) is 19.2 Å². The molecule has 87 heavy (non-hydrogen) atoms. The van der Waals surface area contributed by atoms with Gasteiger partial charge in [0.2, 0.25) is 47.1 Å². The van der Waals surface area contributed by atoms with E-state index < -0.39 is 187 Å². The minimum absolute atomic E-state index is 0.0530. The van der Waals surface area contributed by atoms with Gasteiger partial charge in [-0.25, -0.2) is 4.79 Å². The van der Waals surface area contributed by atoms with Crippen LogP contribution in [0, 0.1) is 5.92 Å². The van der Waals surface area contributed by atoms with Gasteiger partial charge in [-0.15, -0.1) is 0 Å². The van der Waals surface area contributed by atoms with E-state index in [4.69, 9.17) is 42.9 Å². The summed E-state index contributed by atoms with van der Waals surface area (Å²) in [6, 6.07) is -0.979. The Morgan fingerprint density at radius 3 is 1.85 bits per heavy atom. The lowest BCUT2D eigenvalue weighted by Crippen LogP contribution is -2.59. The topological polar surface area (TPSA) is 469 Å². The number of rotatable bonds is 13. The molecular formula is C55H58Cl2N9O20P. The SMILES string of the molecule is CN[C@H](CC(C)C)C(=O)N[C@H]1C(=O)N[C@@H](CC(N)=O)C(=O)N[C@H]2C(=O)NC3C(=O)N[C@H](C(=O)N[C@H](C(=O)O)c4cc(O)c(CNCOP(O)O)c(O)c4-c4cc3ccc4O)[C@H](O)c3ccc(c(Cl)c3)Oc3cc2cc(c3O)Oc2ccc(cc2Cl)[C@H]1O. The Hall–Kier alpha value is -8.61. The molecule has 9 atom stereocenters. The molecule has 5 heterocycles. The molecule has 29 nitrogen and oxygen atoms in total.